The van der Waals surface area contributed by atoms with Gasteiger partial charge in [-0.1, -0.05) is 254 Å². The van der Waals surface area contributed by atoms with Crippen LogP contribution in [0.2, 0.25) is 0 Å². The lowest BCUT2D eigenvalue weighted by atomic mass is 10.1. The standard InChI is InChI=1S/C65H94O6/c1-4-7-10-13-16-19-22-25-28-31-33-35-37-40-43-46-49-52-55-58-64(67)70-61-62(60-69-63(66)57-54-51-48-45-42-39-36-30-27-24-21-18-15-12-9-6-3)71-65(68)59-56-53-50-47-44-41-38-34-32-29-26-23-20-17-14-11-8-5-2/h7,9-10,12-13,16-23,25-35,37-40,42-43,48,51,62H,4-6,8,11,14-15,24,36,41,44-47,49-50,52-61H2,1-3H3/b10-7-,12-9-,16-13-,20-17-,21-18-,22-19-,26-23-,28-25-,30-27-,32-29-,33-31+,37-35-,38-34-,42-39-,43-40-,51-48-. The average Bonchev–Trinajstić information content (AvgIpc) is 3.37. The van der Waals surface area contributed by atoms with Crippen molar-refractivity contribution in [2.24, 2.45) is 0 Å². The molecule has 0 aliphatic heterocycles. The van der Waals surface area contributed by atoms with Crippen molar-refractivity contribution in [2.75, 3.05) is 13.2 Å². The maximum atomic E-state index is 12.8. The molecule has 0 saturated heterocycles. The molecule has 0 spiro atoms. The van der Waals surface area contributed by atoms with Gasteiger partial charge in [-0.05, 0) is 96.3 Å². The van der Waals surface area contributed by atoms with Crippen LogP contribution in [0.25, 0.3) is 0 Å². The topological polar surface area (TPSA) is 78.9 Å². The Morgan fingerprint density at radius 1 is 0.310 bits per heavy atom. The molecular formula is C65H94O6. The third-order valence-electron chi connectivity index (χ3n) is 10.4. The molecule has 0 fully saturated rings. The van der Waals surface area contributed by atoms with Crippen LogP contribution in [0.4, 0.5) is 0 Å². The summed E-state index contributed by atoms with van der Waals surface area (Å²) in [5.74, 6) is -1.11. The van der Waals surface area contributed by atoms with Gasteiger partial charge in [0.25, 0.3) is 0 Å². The van der Waals surface area contributed by atoms with Gasteiger partial charge in [0.05, 0.1) is 0 Å². The van der Waals surface area contributed by atoms with Gasteiger partial charge in [-0.2, -0.15) is 0 Å². The van der Waals surface area contributed by atoms with Crippen molar-refractivity contribution in [3.05, 3.63) is 194 Å². The van der Waals surface area contributed by atoms with Gasteiger partial charge in [0.15, 0.2) is 6.10 Å². The van der Waals surface area contributed by atoms with Crippen molar-refractivity contribution in [2.45, 2.75) is 181 Å². The molecule has 0 aliphatic carbocycles. The Morgan fingerprint density at radius 2 is 0.648 bits per heavy atom. The second kappa shape index (κ2) is 56.8. The third-order valence-corrected chi connectivity index (χ3v) is 10.4. The van der Waals surface area contributed by atoms with E-state index in [0.29, 0.717) is 19.3 Å². The van der Waals surface area contributed by atoms with Crippen LogP contribution in [-0.4, -0.2) is 37.2 Å². The summed E-state index contributed by atoms with van der Waals surface area (Å²) in [6, 6.07) is 0. The van der Waals surface area contributed by atoms with Crippen molar-refractivity contribution < 1.29 is 28.6 Å². The lowest BCUT2D eigenvalue weighted by molar-refractivity contribution is -0.166. The second-order valence-electron chi connectivity index (χ2n) is 16.9. The molecule has 0 saturated carbocycles. The zero-order chi connectivity index (χ0) is 51.4. The Labute approximate surface area is 433 Å². The Bertz CT molecular complexity index is 1780. The summed E-state index contributed by atoms with van der Waals surface area (Å²) in [7, 11) is 0. The number of unbranched alkanes of at least 4 members (excludes halogenated alkanes) is 11. The highest BCUT2D eigenvalue weighted by molar-refractivity contribution is 5.71. The monoisotopic (exact) mass is 971 g/mol. The highest BCUT2D eigenvalue weighted by Crippen LogP contribution is 2.11. The van der Waals surface area contributed by atoms with Crippen LogP contribution in [0, 0.1) is 0 Å². The first kappa shape index (κ1) is 65.2. The molecule has 390 valence electrons. The third kappa shape index (κ3) is 55.1. The van der Waals surface area contributed by atoms with E-state index in [2.05, 4.69) is 124 Å². The summed E-state index contributed by atoms with van der Waals surface area (Å²) < 4.78 is 16.7. The van der Waals surface area contributed by atoms with Crippen LogP contribution in [0.5, 0.6) is 0 Å². The number of hydrogen-bond donors (Lipinski definition) is 0. The minimum atomic E-state index is -0.853. The second-order valence-corrected chi connectivity index (χ2v) is 16.9. The summed E-state index contributed by atoms with van der Waals surface area (Å²) in [5, 5.41) is 0. The van der Waals surface area contributed by atoms with E-state index < -0.39 is 6.10 Å². The minimum Gasteiger partial charge on any atom is -0.462 e. The Kier molecular flexibility index (Phi) is 52.2. The molecule has 0 amide bonds. The fourth-order valence-corrected chi connectivity index (χ4v) is 6.37. The van der Waals surface area contributed by atoms with E-state index in [9.17, 15) is 14.4 Å². The summed E-state index contributed by atoms with van der Waals surface area (Å²) in [6.45, 7) is 6.18. The van der Waals surface area contributed by atoms with Gasteiger partial charge in [0.2, 0.25) is 0 Å². The van der Waals surface area contributed by atoms with Gasteiger partial charge in [-0.25, -0.2) is 0 Å². The smallest absolute Gasteiger partial charge is 0.306 e. The number of allylic oxidation sites excluding steroid dienone is 32. The average molecular weight is 971 g/mol. The highest BCUT2D eigenvalue weighted by Gasteiger charge is 2.19. The van der Waals surface area contributed by atoms with E-state index in [1.165, 1.54) is 19.3 Å². The Hall–Kier alpha value is -5.75. The molecule has 0 bridgehead atoms. The van der Waals surface area contributed by atoms with Crippen LogP contribution < -0.4 is 0 Å². The minimum absolute atomic E-state index is 0.147. The molecule has 0 heterocycles. The van der Waals surface area contributed by atoms with Crippen molar-refractivity contribution in [1.82, 2.24) is 0 Å². The summed E-state index contributed by atoms with van der Waals surface area (Å²) in [6.07, 6.45) is 87.0. The van der Waals surface area contributed by atoms with E-state index >= 15 is 0 Å². The van der Waals surface area contributed by atoms with Crippen molar-refractivity contribution in [1.29, 1.82) is 0 Å². The number of ether oxygens (including phenoxy) is 3. The fraction of sp³-hybridized carbons (Fsp3) is 0.462. The van der Waals surface area contributed by atoms with Crippen LogP contribution in [0.1, 0.15) is 175 Å². The molecule has 6 heteroatoms. The largest absolute Gasteiger partial charge is 0.462 e. The zero-order valence-corrected chi connectivity index (χ0v) is 44.4. The first-order valence-corrected chi connectivity index (χ1v) is 27.1. The molecule has 0 aliphatic rings. The molecule has 0 aromatic carbocycles. The summed E-state index contributed by atoms with van der Waals surface area (Å²) >= 11 is 0. The number of rotatable bonds is 45. The highest BCUT2D eigenvalue weighted by atomic mass is 16.6. The predicted molar refractivity (Wildman–Crippen MR) is 306 cm³/mol. The maximum Gasteiger partial charge on any atom is 0.306 e. The van der Waals surface area contributed by atoms with E-state index in [4.69, 9.17) is 14.2 Å². The molecule has 0 N–H and O–H groups in total. The van der Waals surface area contributed by atoms with Crippen molar-refractivity contribution >= 4 is 17.9 Å². The molecule has 0 aromatic rings. The van der Waals surface area contributed by atoms with Gasteiger partial charge >= 0.3 is 17.9 Å². The Balaban J connectivity index is 4.70. The number of hydrogen-bond acceptors (Lipinski definition) is 6. The first-order valence-electron chi connectivity index (χ1n) is 27.1. The molecular weight excluding hydrogens is 877 g/mol. The SMILES string of the molecule is CC\C=C/C=C\C=C/C=C\C=C\C=C/C=C\CCCCCC(=O)OCC(COC(=O)CC/C=C\C/C=C\C/C=C\C/C=C\C/C=C\CC)OC(=O)CCCCCCC\C=C/C=C\C=C/C=C\CCCCC. The van der Waals surface area contributed by atoms with E-state index in [0.717, 1.165) is 96.3 Å². The zero-order valence-electron chi connectivity index (χ0n) is 44.4. The number of carbonyl (C=O) groups excluding carboxylic acids is 3. The maximum absolute atomic E-state index is 12.8. The van der Waals surface area contributed by atoms with Gasteiger partial charge in [-0.3, -0.25) is 14.4 Å². The van der Waals surface area contributed by atoms with Crippen LogP contribution in [0.15, 0.2) is 194 Å². The number of carbonyl (C=O) groups is 3. The van der Waals surface area contributed by atoms with E-state index in [1.54, 1.807) is 0 Å². The first-order chi connectivity index (χ1) is 35.0. The molecule has 1 unspecified atom stereocenters. The molecule has 0 rings (SSSR count). The van der Waals surface area contributed by atoms with E-state index in [-0.39, 0.29) is 50.4 Å². The van der Waals surface area contributed by atoms with Crippen LogP contribution in [-0.2, 0) is 28.6 Å². The van der Waals surface area contributed by atoms with Crippen LogP contribution in [0.3, 0.4) is 0 Å². The predicted octanol–water partition coefficient (Wildman–Crippen LogP) is 18.3. The molecule has 71 heavy (non-hydrogen) atoms. The quantitative estimate of drug-likeness (QED) is 0.0199. The normalized spacial score (nSPS) is 13.7. The molecule has 6 nitrogen and oxygen atoms in total. The lowest BCUT2D eigenvalue weighted by Crippen LogP contribution is -2.30. The van der Waals surface area contributed by atoms with E-state index in [1.807, 2.05) is 91.1 Å². The lowest BCUT2D eigenvalue weighted by Gasteiger charge is -2.18. The summed E-state index contributed by atoms with van der Waals surface area (Å²) in [5.41, 5.74) is 0. The fourth-order valence-electron chi connectivity index (χ4n) is 6.37. The molecule has 0 radical (unpaired) electrons. The van der Waals surface area contributed by atoms with Crippen LogP contribution >= 0.6 is 0 Å². The Morgan fingerprint density at radius 3 is 1.10 bits per heavy atom. The van der Waals surface area contributed by atoms with Gasteiger partial charge in [0.1, 0.15) is 13.2 Å². The summed E-state index contributed by atoms with van der Waals surface area (Å²) in [4.78, 5) is 38.1. The van der Waals surface area contributed by atoms with Crippen molar-refractivity contribution in [3.8, 4) is 0 Å². The van der Waals surface area contributed by atoms with Gasteiger partial charge in [-0.15, -0.1) is 0 Å². The molecule has 1 atom stereocenters. The van der Waals surface area contributed by atoms with Gasteiger partial charge < -0.3 is 14.2 Å². The number of esters is 3. The molecule has 0 aromatic heterocycles. The van der Waals surface area contributed by atoms with Crippen molar-refractivity contribution in [3.63, 3.8) is 0 Å². The van der Waals surface area contributed by atoms with Gasteiger partial charge in [0, 0.05) is 19.3 Å².